The van der Waals surface area contributed by atoms with Crippen molar-refractivity contribution in [2.24, 2.45) is 9.98 Å². The molecule has 6 heteroatoms. The van der Waals surface area contributed by atoms with E-state index in [4.69, 9.17) is 0 Å². The van der Waals surface area contributed by atoms with Crippen LogP contribution in [-0.2, 0) is 9.59 Å². The normalized spacial score (nSPS) is 13.6. The summed E-state index contributed by atoms with van der Waals surface area (Å²) >= 11 is 0. The molecule has 0 aliphatic heterocycles. The third-order valence-corrected chi connectivity index (χ3v) is 1.51. The summed E-state index contributed by atoms with van der Waals surface area (Å²) in [6, 6.07) is 0. The fourth-order valence-corrected chi connectivity index (χ4v) is 0.857. The van der Waals surface area contributed by atoms with Crippen LogP contribution >= 0.6 is 0 Å². The van der Waals surface area contributed by atoms with Gasteiger partial charge in [-0.25, -0.2) is 23.4 Å². The lowest BCUT2D eigenvalue weighted by atomic mass is 10.1. The molecule has 0 N–H and O–H groups in total. The third-order valence-electron chi connectivity index (χ3n) is 1.51. The van der Waals surface area contributed by atoms with Gasteiger partial charge in [0.2, 0.25) is 18.5 Å². The zero-order chi connectivity index (χ0) is 10.8. The van der Waals surface area contributed by atoms with Gasteiger partial charge < -0.3 is 0 Å². The summed E-state index contributed by atoms with van der Waals surface area (Å²) in [4.78, 5) is 25.0. The van der Waals surface area contributed by atoms with Crippen LogP contribution < -0.4 is 0 Å². The number of carbonyl (C=O) groups excluding carboxylic acids is 2. The Labute approximate surface area is 79.7 Å². The summed E-state index contributed by atoms with van der Waals surface area (Å²) in [6.07, 6.45) is -0.311. The van der Waals surface area contributed by atoms with Gasteiger partial charge in [0.1, 0.15) is 6.17 Å². The Hall–Kier alpha value is -1.38. The van der Waals surface area contributed by atoms with E-state index in [2.05, 4.69) is 9.98 Å². The first-order valence-corrected chi connectivity index (χ1v) is 4.09. The van der Waals surface area contributed by atoms with Gasteiger partial charge in [0.25, 0.3) is 0 Å². The molecule has 2 unspecified atom stereocenters. The number of hydrogen-bond donors (Lipinski definition) is 0. The zero-order valence-electron chi connectivity index (χ0n) is 7.45. The van der Waals surface area contributed by atoms with Gasteiger partial charge in [-0.15, -0.1) is 0 Å². The van der Waals surface area contributed by atoms with Crippen LogP contribution in [-0.4, -0.2) is 31.2 Å². The molecule has 0 bridgehead atoms. The summed E-state index contributed by atoms with van der Waals surface area (Å²) < 4.78 is 25.2. The fourth-order valence-electron chi connectivity index (χ4n) is 0.857. The first-order chi connectivity index (χ1) is 6.70. The first-order valence-electron chi connectivity index (χ1n) is 4.09. The lowest BCUT2D eigenvalue weighted by molar-refractivity contribution is 0.277. The summed E-state index contributed by atoms with van der Waals surface area (Å²) in [6.45, 7) is -0.253. The van der Waals surface area contributed by atoms with Crippen molar-refractivity contribution in [1.29, 1.82) is 0 Å². The maximum atomic E-state index is 12.7. The van der Waals surface area contributed by atoms with Crippen molar-refractivity contribution in [2.45, 2.75) is 31.7 Å². The van der Waals surface area contributed by atoms with Crippen LogP contribution in [0.2, 0.25) is 0 Å². The van der Waals surface area contributed by atoms with Crippen molar-refractivity contribution in [2.75, 3.05) is 6.54 Å². The second kappa shape index (κ2) is 8.23. The Kier molecular flexibility index (Phi) is 7.42. The molecule has 14 heavy (non-hydrogen) atoms. The van der Waals surface area contributed by atoms with Crippen LogP contribution in [0.5, 0.6) is 0 Å². The van der Waals surface area contributed by atoms with E-state index in [0.29, 0.717) is 0 Å². The minimum atomic E-state index is -1.62. The van der Waals surface area contributed by atoms with Crippen molar-refractivity contribution in [3.8, 4) is 0 Å². The van der Waals surface area contributed by atoms with E-state index < -0.39 is 12.5 Å². The molecule has 0 aliphatic rings. The Bertz CT molecular complexity index is 248. The van der Waals surface area contributed by atoms with E-state index in [1.807, 2.05) is 0 Å². The van der Waals surface area contributed by atoms with Gasteiger partial charge >= 0.3 is 0 Å². The van der Waals surface area contributed by atoms with Crippen LogP contribution in [0.1, 0.15) is 19.3 Å². The average Bonchev–Trinajstić information content (AvgIpc) is 2.15. The molecule has 0 aromatic carbocycles. The van der Waals surface area contributed by atoms with Crippen LogP contribution in [0.4, 0.5) is 8.78 Å². The Morgan fingerprint density at radius 2 is 1.86 bits per heavy atom. The quantitative estimate of drug-likeness (QED) is 0.358. The monoisotopic (exact) mass is 204 g/mol. The molecule has 4 nitrogen and oxygen atoms in total. The molecule has 0 spiro atoms. The Morgan fingerprint density at radius 3 is 2.43 bits per heavy atom. The minimum Gasteiger partial charge on any atom is -0.245 e. The van der Waals surface area contributed by atoms with E-state index in [9.17, 15) is 18.4 Å². The number of rotatable bonds is 7. The summed E-state index contributed by atoms with van der Waals surface area (Å²) in [7, 11) is 0. The number of halogens is 2. The molecule has 2 atom stereocenters. The number of aliphatic imine (C=N–C) groups is 2. The van der Waals surface area contributed by atoms with Gasteiger partial charge in [-0.1, -0.05) is 0 Å². The van der Waals surface area contributed by atoms with Crippen LogP contribution in [0.25, 0.3) is 0 Å². The SMILES string of the molecule is O=C=NCC(F)CCCC(F)N=C=O. The molecule has 0 rings (SSSR count). The summed E-state index contributed by atoms with van der Waals surface area (Å²) in [5, 5.41) is 0. The van der Waals surface area contributed by atoms with Crippen molar-refractivity contribution >= 4 is 12.2 Å². The smallest absolute Gasteiger partial charge is 0.237 e. The van der Waals surface area contributed by atoms with Gasteiger partial charge in [-0.3, -0.25) is 0 Å². The molecule has 0 heterocycles. The molecule has 0 radical (unpaired) electrons. The van der Waals surface area contributed by atoms with E-state index in [1.165, 1.54) is 6.08 Å². The molecule has 78 valence electrons. The maximum Gasteiger partial charge on any atom is 0.237 e. The molecule has 0 saturated carbocycles. The molecule has 0 aromatic rings. The highest BCUT2D eigenvalue weighted by molar-refractivity contribution is 5.33. The zero-order valence-corrected chi connectivity index (χ0v) is 7.45. The number of nitrogens with zero attached hydrogens (tertiary/aromatic N) is 2. The maximum absolute atomic E-state index is 12.7. The van der Waals surface area contributed by atoms with Gasteiger partial charge in [-0.05, 0) is 19.3 Å². The highest BCUT2D eigenvalue weighted by atomic mass is 19.1. The largest absolute Gasteiger partial charge is 0.245 e. The van der Waals surface area contributed by atoms with Crippen LogP contribution in [0.15, 0.2) is 9.98 Å². The van der Waals surface area contributed by atoms with Gasteiger partial charge in [0.15, 0.2) is 0 Å². The second-order valence-corrected chi connectivity index (χ2v) is 2.62. The van der Waals surface area contributed by atoms with E-state index in [1.54, 1.807) is 0 Å². The predicted molar refractivity (Wildman–Crippen MR) is 44.8 cm³/mol. The fraction of sp³-hybridized carbons (Fsp3) is 0.750. The van der Waals surface area contributed by atoms with E-state index >= 15 is 0 Å². The predicted octanol–water partition coefficient (Wildman–Crippen LogP) is 1.46. The van der Waals surface area contributed by atoms with Crippen molar-refractivity contribution in [3.63, 3.8) is 0 Å². The first kappa shape index (κ1) is 12.6. The Morgan fingerprint density at radius 1 is 1.14 bits per heavy atom. The summed E-state index contributed by atoms with van der Waals surface area (Å²) in [5.41, 5.74) is 0. The van der Waals surface area contributed by atoms with Crippen LogP contribution in [0, 0.1) is 0 Å². The second-order valence-electron chi connectivity index (χ2n) is 2.62. The van der Waals surface area contributed by atoms with E-state index in [0.717, 1.165) is 6.08 Å². The Balaban J connectivity index is 3.52. The highest BCUT2D eigenvalue weighted by Crippen LogP contribution is 2.09. The average molecular weight is 204 g/mol. The molecule has 0 fully saturated rings. The lowest BCUT2D eigenvalue weighted by Gasteiger charge is -2.03. The molecule has 0 aliphatic carbocycles. The van der Waals surface area contributed by atoms with Gasteiger partial charge in [-0.2, -0.15) is 4.99 Å². The number of alkyl halides is 2. The molecule has 0 amide bonds. The van der Waals surface area contributed by atoms with E-state index in [-0.39, 0.29) is 25.8 Å². The van der Waals surface area contributed by atoms with Crippen LogP contribution in [0.3, 0.4) is 0 Å². The molecule has 0 aromatic heterocycles. The standard InChI is InChI=1S/C8H10F2N2O2/c9-7(4-11-5-13)2-1-3-8(10)12-6-14/h7-8H,1-4H2. The van der Waals surface area contributed by atoms with Gasteiger partial charge in [0, 0.05) is 0 Å². The number of isocyanates is 2. The summed E-state index contributed by atoms with van der Waals surface area (Å²) in [5.74, 6) is 0. The molecular weight excluding hydrogens is 194 g/mol. The van der Waals surface area contributed by atoms with Gasteiger partial charge in [0.05, 0.1) is 6.54 Å². The van der Waals surface area contributed by atoms with Crippen molar-refractivity contribution in [1.82, 2.24) is 0 Å². The highest BCUT2D eigenvalue weighted by Gasteiger charge is 2.08. The molecule has 0 saturated heterocycles. The number of hydrogen-bond acceptors (Lipinski definition) is 4. The molecular formula is C8H10F2N2O2. The minimum absolute atomic E-state index is 0.0273. The lowest BCUT2D eigenvalue weighted by Crippen LogP contribution is -2.06. The van der Waals surface area contributed by atoms with Crippen molar-refractivity contribution in [3.05, 3.63) is 0 Å². The topological polar surface area (TPSA) is 58.9 Å². The third kappa shape index (κ3) is 7.28. The van der Waals surface area contributed by atoms with Crippen molar-refractivity contribution < 1.29 is 18.4 Å².